The Kier molecular flexibility index (Phi) is 6.32. The van der Waals surface area contributed by atoms with Crippen molar-refractivity contribution in [3.05, 3.63) is 51.9 Å². The molecule has 1 fully saturated rings. The number of hydrogen-bond acceptors (Lipinski definition) is 5. The Labute approximate surface area is 198 Å². The quantitative estimate of drug-likeness (QED) is 0.471. The third kappa shape index (κ3) is 4.23. The second-order valence-electron chi connectivity index (χ2n) is 9.22. The Balaban J connectivity index is 1.46. The van der Waals surface area contributed by atoms with Gasteiger partial charge in [0.2, 0.25) is 0 Å². The lowest BCUT2D eigenvalue weighted by Crippen LogP contribution is -2.49. The van der Waals surface area contributed by atoms with E-state index in [2.05, 4.69) is 18.7 Å². The summed E-state index contributed by atoms with van der Waals surface area (Å²) in [6.07, 6.45) is 6.98. The third-order valence-electron chi connectivity index (χ3n) is 7.09. The van der Waals surface area contributed by atoms with Crippen LogP contribution in [0.3, 0.4) is 0 Å². The average Bonchev–Trinajstić information content (AvgIpc) is 3.03. The fraction of sp³-hybridized carbons (Fsp3) is 0.500. The Morgan fingerprint density at radius 3 is 2.61 bits per heavy atom. The third-order valence-corrected chi connectivity index (χ3v) is 8.27. The van der Waals surface area contributed by atoms with E-state index in [0.29, 0.717) is 32.1 Å². The van der Waals surface area contributed by atoms with E-state index >= 15 is 0 Å². The van der Waals surface area contributed by atoms with Crippen LogP contribution in [0.4, 0.5) is 10.2 Å². The fourth-order valence-electron chi connectivity index (χ4n) is 4.89. The number of thiophene rings is 1. The highest BCUT2D eigenvalue weighted by atomic mass is 32.1. The summed E-state index contributed by atoms with van der Waals surface area (Å²) in [5, 5.41) is 1.23. The molecule has 1 atom stereocenters. The maximum atomic E-state index is 14.1. The summed E-state index contributed by atoms with van der Waals surface area (Å²) < 4.78 is 14.1. The number of carbonyl (C=O) groups excluding carboxylic acids is 1. The molecule has 3 aromatic rings. The molecule has 5 rings (SSSR count). The number of nitrogens with zero attached hydrogens (tertiary/aromatic N) is 4. The van der Waals surface area contributed by atoms with E-state index in [1.54, 1.807) is 23.1 Å². The highest BCUT2D eigenvalue weighted by Crippen LogP contribution is 2.40. The molecule has 1 aliphatic carbocycles. The van der Waals surface area contributed by atoms with Crippen LogP contribution in [-0.2, 0) is 12.8 Å². The zero-order valence-electron chi connectivity index (χ0n) is 19.4. The molecule has 1 saturated heterocycles. The first-order chi connectivity index (χ1) is 16.1. The largest absolute Gasteiger partial charge is 0.352 e. The van der Waals surface area contributed by atoms with Gasteiger partial charge < -0.3 is 9.80 Å². The number of aryl methyl sites for hydroxylation is 2. The summed E-state index contributed by atoms with van der Waals surface area (Å²) >= 11 is 1.85. The highest BCUT2D eigenvalue weighted by Gasteiger charge is 2.28. The molecular weight excluding hydrogens is 435 g/mol. The minimum atomic E-state index is -0.457. The molecule has 0 spiro atoms. The lowest BCUT2D eigenvalue weighted by atomic mass is 10.1. The van der Waals surface area contributed by atoms with Gasteiger partial charge in [-0.25, -0.2) is 14.4 Å². The van der Waals surface area contributed by atoms with Gasteiger partial charge in [-0.1, -0.05) is 32.4 Å². The van der Waals surface area contributed by atoms with Crippen LogP contribution < -0.4 is 4.90 Å². The summed E-state index contributed by atoms with van der Waals surface area (Å²) in [7, 11) is 0. The number of piperazine rings is 1. The van der Waals surface area contributed by atoms with E-state index < -0.39 is 5.82 Å². The monoisotopic (exact) mass is 466 g/mol. The molecule has 1 amide bonds. The van der Waals surface area contributed by atoms with Gasteiger partial charge in [0.15, 0.2) is 0 Å². The van der Waals surface area contributed by atoms with Crippen molar-refractivity contribution in [2.45, 2.75) is 58.3 Å². The summed E-state index contributed by atoms with van der Waals surface area (Å²) in [6.45, 7) is 6.87. The zero-order chi connectivity index (χ0) is 22.9. The number of aromatic nitrogens is 2. The van der Waals surface area contributed by atoms with Crippen LogP contribution in [0, 0.1) is 5.82 Å². The van der Waals surface area contributed by atoms with Gasteiger partial charge in [-0.3, -0.25) is 4.79 Å². The van der Waals surface area contributed by atoms with Crippen LogP contribution in [0.5, 0.6) is 0 Å². The average molecular weight is 467 g/mol. The van der Waals surface area contributed by atoms with Crippen LogP contribution in [0.15, 0.2) is 24.3 Å². The second kappa shape index (κ2) is 9.37. The summed E-state index contributed by atoms with van der Waals surface area (Å²) in [5.41, 5.74) is 1.60. The Morgan fingerprint density at radius 1 is 1.09 bits per heavy atom. The normalized spacial score (nSPS) is 17.7. The van der Waals surface area contributed by atoms with Crippen LogP contribution in [0.2, 0.25) is 0 Å². The van der Waals surface area contributed by atoms with Crippen molar-refractivity contribution in [3.8, 4) is 0 Å². The summed E-state index contributed by atoms with van der Waals surface area (Å²) in [5.74, 6) is 1.57. The molecule has 1 aliphatic heterocycles. The molecule has 2 aromatic heterocycles. The SMILES string of the molecule is CC[C@@H](C)c1nc(N2CCN(C(=O)c3ccccc3F)CC2)c2c3c(sc2n1)CCCCC3. The molecule has 5 nitrogen and oxygen atoms in total. The van der Waals surface area contributed by atoms with Crippen molar-refractivity contribution in [1.82, 2.24) is 14.9 Å². The van der Waals surface area contributed by atoms with Crippen LogP contribution in [0.25, 0.3) is 10.2 Å². The van der Waals surface area contributed by atoms with E-state index in [9.17, 15) is 9.18 Å². The van der Waals surface area contributed by atoms with Crippen molar-refractivity contribution in [2.75, 3.05) is 31.1 Å². The van der Waals surface area contributed by atoms with Gasteiger partial charge in [0, 0.05) is 37.0 Å². The Bertz CT molecular complexity index is 1170. The molecule has 1 aromatic carbocycles. The number of hydrogen-bond donors (Lipinski definition) is 0. The van der Waals surface area contributed by atoms with Gasteiger partial charge in [0.25, 0.3) is 5.91 Å². The smallest absolute Gasteiger partial charge is 0.256 e. The van der Waals surface area contributed by atoms with E-state index in [1.165, 1.54) is 41.2 Å². The zero-order valence-corrected chi connectivity index (χ0v) is 20.3. The van der Waals surface area contributed by atoms with Crippen molar-refractivity contribution >= 4 is 33.3 Å². The van der Waals surface area contributed by atoms with Crippen LogP contribution in [0.1, 0.15) is 72.1 Å². The molecule has 174 valence electrons. The number of benzene rings is 1. The van der Waals surface area contributed by atoms with Crippen LogP contribution >= 0.6 is 11.3 Å². The second-order valence-corrected chi connectivity index (χ2v) is 10.3. The highest BCUT2D eigenvalue weighted by molar-refractivity contribution is 7.19. The predicted molar refractivity (Wildman–Crippen MR) is 132 cm³/mol. The molecule has 0 N–H and O–H groups in total. The number of carbonyl (C=O) groups is 1. The van der Waals surface area contributed by atoms with Crippen molar-refractivity contribution in [3.63, 3.8) is 0 Å². The number of rotatable bonds is 4. The first-order valence-electron chi connectivity index (χ1n) is 12.2. The molecule has 7 heteroatoms. The van der Waals surface area contributed by atoms with E-state index in [1.807, 2.05) is 11.3 Å². The van der Waals surface area contributed by atoms with E-state index in [0.717, 1.165) is 35.7 Å². The number of fused-ring (bicyclic) bond motifs is 3. The van der Waals surface area contributed by atoms with Gasteiger partial charge in [-0.15, -0.1) is 11.3 Å². The summed E-state index contributed by atoms with van der Waals surface area (Å²) in [6, 6.07) is 6.24. The van der Waals surface area contributed by atoms with Gasteiger partial charge in [0.1, 0.15) is 22.3 Å². The lowest BCUT2D eigenvalue weighted by Gasteiger charge is -2.36. The Morgan fingerprint density at radius 2 is 1.85 bits per heavy atom. The van der Waals surface area contributed by atoms with Crippen molar-refractivity contribution in [2.24, 2.45) is 0 Å². The topological polar surface area (TPSA) is 49.3 Å². The minimum absolute atomic E-state index is 0.151. The van der Waals surface area contributed by atoms with Gasteiger partial charge in [0.05, 0.1) is 10.9 Å². The molecule has 33 heavy (non-hydrogen) atoms. The molecule has 2 aliphatic rings. The Hall–Kier alpha value is -2.54. The standard InChI is InChI=1S/C26H31FN4OS/c1-3-17(2)23-28-24(22-19-10-5-4-6-12-21(19)33-25(22)29-23)30-13-15-31(16-14-30)26(32)18-9-7-8-11-20(18)27/h7-9,11,17H,3-6,10,12-16H2,1-2H3/t17-/m1/s1. The number of amides is 1. The fourth-order valence-corrected chi connectivity index (χ4v) is 6.15. The van der Waals surface area contributed by atoms with E-state index in [-0.39, 0.29) is 11.5 Å². The maximum Gasteiger partial charge on any atom is 0.256 e. The first-order valence-corrected chi connectivity index (χ1v) is 13.0. The predicted octanol–water partition coefficient (Wildman–Crippen LogP) is 5.58. The lowest BCUT2D eigenvalue weighted by molar-refractivity contribution is 0.0742. The number of anilines is 1. The molecule has 0 bridgehead atoms. The van der Waals surface area contributed by atoms with Crippen molar-refractivity contribution in [1.29, 1.82) is 0 Å². The van der Waals surface area contributed by atoms with Gasteiger partial charge >= 0.3 is 0 Å². The molecule has 3 heterocycles. The van der Waals surface area contributed by atoms with Gasteiger partial charge in [-0.05, 0) is 49.8 Å². The molecule has 0 unspecified atom stereocenters. The number of halogens is 1. The van der Waals surface area contributed by atoms with Crippen LogP contribution in [-0.4, -0.2) is 47.0 Å². The van der Waals surface area contributed by atoms with Gasteiger partial charge in [-0.2, -0.15) is 0 Å². The van der Waals surface area contributed by atoms with Crippen molar-refractivity contribution < 1.29 is 9.18 Å². The summed E-state index contributed by atoms with van der Waals surface area (Å²) in [4.78, 5) is 29.7. The van der Waals surface area contributed by atoms with E-state index in [4.69, 9.17) is 9.97 Å². The molecule has 0 radical (unpaired) electrons. The first kappa shape index (κ1) is 22.3. The maximum absolute atomic E-state index is 14.1. The molecule has 0 saturated carbocycles. The minimum Gasteiger partial charge on any atom is -0.352 e. The molecular formula is C26H31FN4OS.